The lowest BCUT2D eigenvalue weighted by Gasteiger charge is -2.17. The number of aryl methyl sites for hydroxylation is 3. The molecule has 2 heteroatoms. The van der Waals surface area contributed by atoms with Gasteiger partial charge in [0.25, 0.3) is 0 Å². The third-order valence-corrected chi connectivity index (χ3v) is 2.71. The smallest absolute Gasteiger partial charge is 0.0300 e. The van der Waals surface area contributed by atoms with Crippen LogP contribution in [-0.2, 0) is 0 Å². The maximum absolute atomic E-state index is 6.16. The number of nitrogens with two attached hydrogens (primary N) is 1. The summed E-state index contributed by atoms with van der Waals surface area (Å²) in [5.74, 6) is 0. The van der Waals surface area contributed by atoms with Gasteiger partial charge < -0.3 is 5.73 Å². The lowest BCUT2D eigenvalue weighted by molar-refractivity contribution is 0.631. The van der Waals surface area contributed by atoms with Crippen molar-refractivity contribution in [3.05, 3.63) is 34.4 Å². The highest BCUT2D eigenvalue weighted by Gasteiger charge is 2.10. The van der Waals surface area contributed by atoms with Crippen LogP contribution in [0.15, 0.2) is 12.1 Å². The van der Waals surface area contributed by atoms with Gasteiger partial charge in [-0.05, 0) is 43.9 Å². The summed E-state index contributed by atoms with van der Waals surface area (Å²) in [7, 11) is 0. The van der Waals surface area contributed by atoms with Gasteiger partial charge >= 0.3 is 0 Å². The van der Waals surface area contributed by atoms with Gasteiger partial charge in [0.05, 0.1) is 0 Å². The molecule has 0 aliphatic heterocycles. The molecule has 0 amide bonds. The second-order valence-electron chi connectivity index (χ2n) is 4.21. The minimum atomic E-state index is 0. The van der Waals surface area contributed by atoms with Crippen molar-refractivity contribution in [1.29, 1.82) is 0 Å². The van der Waals surface area contributed by atoms with Gasteiger partial charge in [-0.1, -0.05) is 31.0 Å². The number of rotatable bonds is 3. The quantitative estimate of drug-likeness (QED) is 0.835. The predicted octanol–water partition coefficient (Wildman–Crippen LogP) is 3.83. The van der Waals surface area contributed by atoms with Crippen molar-refractivity contribution >= 4 is 12.4 Å². The Kier molecular flexibility index (Phi) is 5.92. The standard InChI is InChI=1S/C13H21N.ClH/c1-5-6-12(14)13-10(3)7-9(2)8-11(13)4;/h7-8,12H,5-6,14H2,1-4H3;1H/t12-;/m0./s1. The molecular formula is C13H22ClN. The lowest BCUT2D eigenvalue weighted by Crippen LogP contribution is -2.13. The third-order valence-electron chi connectivity index (χ3n) is 2.71. The molecule has 1 atom stereocenters. The fourth-order valence-corrected chi connectivity index (χ4v) is 2.23. The van der Waals surface area contributed by atoms with E-state index in [2.05, 4.69) is 39.8 Å². The Hall–Kier alpha value is -0.530. The van der Waals surface area contributed by atoms with E-state index in [0.717, 1.165) is 12.8 Å². The number of hydrogen-bond donors (Lipinski definition) is 1. The van der Waals surface area contributed by atoms with Crippen LogP contribution in [-0.4, -0.2) is 0 Å². The van der Waals surface area contributed by atoms with Crippen LogP contribution in [0.2, 0.25) is 0 Å². The molecule has 0 saturated carbocycles. The zero-order valence-corrected chi connectivity index (χ0v) is 10.9. The number of benzene rings is 1. The number of halogens is 1. The predicted molar refractivity (Wildman–Crippen MR) is 69.7 cm³/mol. The van der Waals surface area contributed by atoms with Crippen LogP contribution >= 0.6 is 12.4 Å². The Morgan fingerprint density at radius 1 is 1.13 bits per heavy atom. The molecule has 0 saturated heterocycles. The van der Waals surface area contributed by atoms with Gasteiger partial charge in [-0.25, -0.2) is 0 Å². The van der Waals surface area contributed by atoms with E-state index in [4.69, 9.17) is 5.73 Å². The first-order valence-corrected chi connectivity index (χ1v) is 5.39. The van der Waals surface area contributed by atoms with Crippen LogP contribution in [0.4, 0.5) is 0 Å². The van der Waals surface area contributed by atoms with E-state index in [1.165, 1.54) is 22.3 Å². The molecule has 0 bridgehead atoms. The average molecular weight is 228 g/mol. The lowest BCUT2D eigenvalue weighted by atomic mass is 9.92. The van der Waals surface area contributed by atoms with Crippen molar-refractivity contribution in [1.82, 2.24) is 0 Å². The Morgan fingerprint density at radius 2 is 1.60 bits per heavy atom. The van der Waals surface area contributed by atoms with E-state index >= 15 is 0 Å². The molecule has 0 aromatic heterocycles. The Bertz CT molecular complexity index is 297. The molecule has 86 valence electrons. The molecule has 1 nitrogen and oxygen atoms in total. The van der Waals surface area contributed by atoms with E-state index in [1.807, 2.05) is 0 Å². The van der Waals surface area contributed by atoms with Crippen molar-refractivity contribution in [2.45, 2.75) is 46.6 Å². The summed E-state index contributed by atoms with van der Waals surface area (Å²) in [5.41, 5.74) is 11.5. The second kappa shape index (κ2) is 6.14. The van der Waals surface area contributed by atoms with Crippen LogP contribution in [0.5, 0.6) is 0 Å². The summed E-state index contributed by atoms with van der Waals surface area (Å²) in [6.45, 7) is 8.63. The van der Waals surface area contributed by atoms with Crippen LogP contribution in [0.3, 0.4) is 0 Å². The van der Waals surface area contributed by atoms with Crippen molar-refractivity contribution in [2.75, 3.05) is 0 Å². The van der Waals surface area contributed by atoms with Gasteiger partial charge in [-0.2, -0.15) is 0 Å². The molecule has 1 aromatic rings. The van der Waals surface area contributed by atoms with Crippen molar-refractivity contribution in [2.24, 2.45) is 5.73 Å². The monoisotopic (exact) mass is 227 g/mol. The zero-order chi connectivity index (χ0) is 10.7. The minimum absolute atomic E-state index is 0. The van der Waals surface area contributed by atoms with E-state index < -0.39 is 0 Å². The largest absolute Gasteiger partial charge is 0.324 e. The molecule has 2 N–H and O–H groups in total. The summed E-state index contributed by atoms with van der Waals surface area (Å²) in [4.78, 5) is 0. The second-order valence-corrected chi connectivity index (χ2v) is 4.21. The fraction of sp³-hybridized carbons (Fsp3) is 0.538. The minimum Gasteiger partial charge on any atom is -0.324 e. The molecule has 0 heterocycles. The highest BCUT2D eigenvalue weighted by molar-refractivity contribution is 5.85. The van der Waals surface area contributed by atoms with Crippen LogP contribution in [0.1, 0.15) is 48.1 Å². The van der Waals surface area contributed by atoms with Crippen LogP contribution in [0.25, 0.3) is 0 Å². The van der Waals surface area contributed by atoms with Gasteiger partial charge in [0.15, 0.2) is 0 Å². The molecule has 0 aliphatic carbocycles. The van der Waals surface area contributed by atoms with Crippen molar-refractivity contribution in [3.8, 4) is 0 Å². The van der Waals surface area contributed by atoms with Gasteiger partial charge in [0.1, 0.15) is 0 Å². The molecule has 1 aromatic carbocycles. The first kappa shape index (κ1) is 14.5. The molecule has 15 heavy (non-hydrogen) atoms. The maximum atomic E-state index is 6.16. The SMILES string of the molecule is CCC[C@H](N)c1c(C)cc(C)cc1C.Cl. The summed E-state index contributed by atoms with van der Waals surface area (Å²) in [6.07, 6.45) is 2.22. The molecule has 0 fully saturated rings. The summed E-state index contributed by atoms with van der Waals surface area (Å²) >= 11 is 0. The third kappa shape index (κ3) is 3.51. The Morgan fingerprint density at radius 3 is 2.00 bits per heavy atom. The summed E-state index contributed by atoms with van der Waals surface area (Å²) < 4.78 is 0. The van der Waals surface area contributed by atoms with Crippen LogP contribution in [0, 0.1) is 20.8 Å². The van der Waals surface area contributed by atoms with Crippen molar-refractivity contribution < 1.29 is 0 Å². The zero-order valence-electron chi connectivity index (χ0n) is 10.1. The summed E-state index contributed by atoms with van der Waals surface area (Å²) in [6, 6.07) is 4.65. The maximum Gasteiger partial charge on any atom is 0.0300 e. The van der Waals surface area contributed by atoms with E-state index in [-0.39, 0.29) is 18.4 Å². The molecule has 0 spiro atoms. The summed E-state index contributed by atoms with van der Waals surface area (Å²) in [5, 5.41) is 0. The van der Waals surface area contributed by atoms with Gasteiger partial charge in [-0.15, -0.1) is 12.4 Å². The highest BCUT2D eigenvalue weighted by Crippen LogP contribution is 2.24. The molecule has 1 rings (SSSR count). The van der Waals surface area contributed by atoms with Gasteiger partial charge in [-0.3, -0.25) is 0 Å². The van der Waals surface area contributed by atoms with E-state index in [0.29, 0.717) is 0 Å². The Balaban J connectivity index is 0.00000196. The average Bonchev–Trinajstić information content (AvgIpc) is 2.01. The van der Waals surface area contributed by atoms with Gasteiger partial charge in [0, 0.05) is 6.04 Å². The first-order valence-electron chi connectivity index (χ1n) is 5.39. The topological polar surface area (TPSA) is 26.0 Å². The van der Waals surface area contributed by atoms with Crippen molar-refractivity contribution in [3.63, 3.8) is 0 Å². The van der Waals surface area contributed by atoms with Gasteiger partial charge in [0.2, 0.25) is 0 Å². The molecule has 0 radical (unpaired) electrons. The molecule has 0 aliphatic rings. The highest BCUT2D eigenvalue weighted by atomic mass is 35.5. The molecule has 0 unspecified atom stereocenters. The Labute approximate surface area is 99.5 Å². The van der Waals surface area contributed by atoms with E-state index in [1.54, 1.807) is 0 Å². The van der Waals surface area contributed by atoms with E-state index in [9.17, 15) is 0 Å². The number of hydrogen-bond acceptors (Lipinski definition) is 1. The normalized spacial score (nSPS) is 12.1. The fourth-order valence-electron chi connectivity index (χ4n) is 2.23. The molecular weight excluding hydrogens is 206 g/mol. The first-order chi connectivity index (χ1) is 6.56. The van der Waals surface area contributed by atoms with Crippen LogP contribution < -0.4 is 5.73 Å².